The van der Waals surface area contributed by atoms with Crippen LogP contribution in [0.15, 0.2) is 41.7 Å². The predicted octanol–water partition coefficient (Wildman–Crippen LogP) is 4.10. The topological polar surface area (TPSA) is 84.6 Å². The summed E-state index contributed by atoms with van der Waals surface area (Å²) >= 11 is 0. The Balaban J connectivity index is 1.39. The highest BCUT2D eigenvalue weighted by atomic mass is 16.1. The van der Waals surface area contributed by atoms with Crippen molar-refractivity contribution in [2.75, 3.05) is 13.1 Å². The average Bonchev–Trinajstić information content (AvgIpc) is 3.46. The third-order valence-electron chi connectivity index (χ3n) is 7.69. The van der Waals surface area contributed by atoms with Crippen LogP contribution in [-0.2, 0) is 13.6 Å². The summed E-state index contributed by atoms with van der Waals surface area (Å²) in [7, 11) is 1.95. The zero-order valence-corrected chi connectivity index (χ0v) is 20.7. The van der Waals surface area contributed by atoms with Crippen molar-refractivity contribution < 1.29 is 0 Å². The summed E-state index contributed by atoms with van der Waals surface area (Å²) in [6, 6.07) is 6.21. The molecule has 0 amide bonds. The lowest BCUT2D eigenvalue weighted by molar-refractivity contribution is 0.175. The lowest BCUT2D eigenvalue weighted by Crippen LogP contribution is -2.33. The number of pyridine rings is 2. The number of H-pyrrole nitrogens is 1. The van der Waals surface area contributed by atoms with Gasteiger partial charge in [-0.15, -0.1) is 10.2 Å². The Labute approximate surface area is 205 Å². The molecule has 5 heterocycles. The largest absolute Gasteiger partial charge is 0.353 e. The zero-order chi connectivity index (χ0) is 24.1. The lowest BCUT2D eigenvalue weighted by atomic mass is 10.0. The SMILES string of the molecule is CC(c1ccnc(-n2cc(C3CC3)c3cc(CN4CCC[C@H](C)C4)[nH]c3c2=O)c1)c1nncn1C. The van der Waals surface area contributed by atoms with Crippen molar-refractivity contribution in [3.05, 3.63) is 69.9 Å². The van der Waals surface area contributed by atoms with Crippen molar-refractivity contribution >= 4 is 10.9 Å². The first-order valence-corrected chi connectivity index (χ1v) is 12.8. The molecule has 2 aliphatic rings. The molecule has 0 radical (unpaired) electrons. The maximum Gasteiger partial charge on any atom is 0.280 e. The first kappa shape index (κ1) is 22.2. The molecule has 6 rings (SSSR count). The van der Waals surface area contributed by atoms with E-state index < -0.39 is 0 Å². The van der Waals surface area contributed by atoms with Crippen molar-refractivity contribution in [3.8, 4) is 5.82 Å². The van der Waals surface area contributed by atoms with Crippen LogP contribution in [0.3, 0.4) is 0 Å². The van der Waals surface area contributed by atoms with Crippen LogP contribution >= 0.6 is 0 Å². The van der Waals surface area contributed by atoms with Crippen LogP contribution in [-0.4, -0.2) is 47.3 Å². The number of hydrogen-bond donors (Lipinski definition) is 1. The van der Waals surface area contributed by atoms with E-state index in [1.807, 2.05) is 29.9 Å². The van der Waals surface area contributed by atoms with Gasteiger partial charge >= 0.3 is 0 Å². The van der Waals surface area contributed by atoms with E-state index in [9.17, 15) is 4.79 Å². The van der Waals surface area contributed by atoms with E-state index in [0.717, 1.165) is 48.0 Å². The van der Waals surface area contributed by atoms with Gasteiger partial charge in [0, 0.05) is 49.5 Å². The second-order valence-electron chi connectivity index (χ2n) is 10.6. The molecule has 182 valence electrons. The van der Waals surface area contributed by atoms with E-state index in [4.69, 9.17) is 0 Å². The fraction of sp³-hybridized carbons (Fsp3) is 0.481. The van der Waals surface area contributed by atoms with E-state index in [2.05, 4.69) is 45.0 Å². The molecule has 2 fully saturated rings. The van der Waals surface area contributed by atoms with Crippen LogP contribution in [0.1, 0.15) is 74.0 Å². The minimum absolute atomic E-state index is 0.0376. The van der Waals surface area contributed by atoms with E-state index in [1.165, 1.54) is 31.2 Å². The zero-order valence-electron chi connectivity index (χ0n) is 20.7. The number of rotatable bonds is 6. The summed E-state index contributed by atoms with van der Waals surface area (Å²) in [6.45, 7) is 7.54. The van der Waals surface area contributed by atoms with Crippen molar-refractivity contribution in [1.29, 1.82) is 0 Å². The predicted molar refractivity (Wildman–Crippen MR) is 136 cm³/mol. The Kier molecular flexibility index (Phi) is 5.56. The molecule has 1 aliphatic heterocycles. The van der Waals surface area contributed by atoms with E-state index >= 15 is 0 Å². The molecule has 1 saturated heterocycles. The van der Waals surface area contributed by atoms with Crippen molar-refractivity contribution in [1.82, 2.24) is 34.2 Å². The highest BCUT2D eigenvalue weighted by molar-refractivity contribution is 5.84. The summed E-state index contributed by atoms with van der Waals surface area (Å²) in [5, 5.41) is 9.37. The van der Waals surface area contributed by atoms with E-state index in [0.29, 0.717) is 17.3 Å². The minimum Gasteiger partial charge on any atom is -0.353 e. The minimum atomic E-state index is -0.0429. The number of hydrogen-bond acceptors (Lipinski definition) is 5. The van der Waals surface area contributed by atoms with Gasteiger partial charge < -0.3 is 9.55 Å². The summed E-state index contributed by atoms with van der Waals surface area (Å²) in [5.74, 6) is 2.81. The Morgan fingerprint density at radius 1 is 1.23 bits per heavy atom. The molecule has 35 heavy (non-hydrogen) atoms. The quantitative estimate of drug-likeness (QED) is 0.458. The fourth-order valence-electron chi connectivity index (χ4n) is 5.61. The molecule has 0 aromatic carbocycles. The smallest absolute Gasteiger partial charge is 0.280 e. The maximum absolute atomic E-state index is 13.7. The summed E-state index contributed by atoms with van der Waals surface area (Å²) in [6.07, 6.45) is 10.4. The Bertz CT molecular complexity index is 1430. The van der Waals surface area contributed by atoms with Crippen LogP contribution in [0.25, 0.3) is 16.7 Å². The summed E-state index contributed by atoms with van der Waals surface area (Å²) in [5.41, 5.74) is 4.09. The lowest BCUT2D eigenvalue weighted by Gasteiger charge is -2.30. The number of aromatic amines is 1. The van der Waals surface area contributed by atoms with Gasteiger partial charge in [-0.2, -0.15) is 0 Å². The number of nitrogens with zero attached hydrogens (tertiary/aromatic N) is 6. The number of aromatic nitrogens is 6. The van der Waals surface area contributed by atoms with Crippen LogP contribution < -0.4 is 5.56 Å². The van der Waals surface area contributed by atoms with Gasteiger partial charge in [0.15, 0.2) is 0 Å². The standard InChI is InChI=1S/C27H33N7O/c1-17-5-4-10-33(13-17)14-21-12-22-23(19-6-7-19)15-34(27(35)25(22)30-21)24-11-20(8-9-28-24)18(2)26-31-29-16-32(26)3/h8-9,11-12,15-19,30H,4-7,10,13-14H2,1-3H3/t17-,18?/m0/s1. The van der Waals surface area contributed by atoms with Gasteiger partial charge in [0.1, 0.15) is 23.5 Å². The molecule has 1 N–H and O–H groups in total. The van der Waals surface area contributed by atoms with Crippen molar-refractivity contribution in [3.63, 3.8) is 0 Å². The first-order chi connectivity index (χ1) is 17.0. The molecule has 1 unspecified atom stereocenters. The van der Waals surface area contributed by atoms with Crippen molar-refractivity contribution in [2.24, 2.45) is 13.0 Å². The molecule has 8 heteroatoms. The molecule has 0 spiro atoms. The number of likely N-dealkylation sites (tertiary alicyclic amines) is 1. The van der Waals surface area contributed by atoms with Crippen LogP contribution in [0.4, 0.5) is 0 Å². The van der Waals surface area contributed by atoms with Crippen molar-refractivity contribution in [2.45, 2.75) is 57.9 Å². The second-order valence-corrected chi connectivity index (χ2v) is 10.6. The number of aryl methyl sites for hydroxylation is 1. The molecule has 4 aromatic heterocycles. The summed E-state index contributed by atoms with van der Waals surface area (Å²) in [4.78, 5) is 24.3. The Morgan fingerprint density at radius 3 is 2.83 bits per heavy atom. The molecule has 1 aliphatic carbocycles. The van der Waals surface area contributed by atoms with Gasteiger partial charge in [-0.25, -0.2) is 4.98 Å². The van der Waals surface area contributed by atoms with Crippen LogP contribution in [0, 0.1) is 5.92 Å². The molecule has 4 aromatic rings. The molecule has 8 nitrogen and oxygen atoms in total. The molecular formula is C27H33N7O. The van der Waals surface area contributed by atoms with Gasteiger partial charge in [0.2, 0.25) is 0 Å². The van der Waals surface area contributed by atoms with Gasteiger partial charge in [0.25, 0.3) is 5.56 Å². The highest BCUT2D eigenvalue weighted by Gasteiger charge is 2.28. The molecular weight excluding hydrogens is 438 g/mol. The summed E-state index contributed by atoms with van der Waals surface area (Å²) < 4.78 is 3.66. The third kappa shape index (κ3) is 4.20. The molecule has 1 saturated carbocycles. The number of nitrogens with one attached hydrogen (secondary N) is 1. The number of piperidine rings is 1. The first-order valence-electron chi connectivity index (χ1n) is 12.8. The van der Waals surface area contributed by atoms with Crippen LogP contribution in [0.2, 0.25) is 0 Å². The normalized spacial score (nSPS) is 19.9. The molecule has 0 bridgehead atoms. The fourth-order valence-corrected chi connectivity index (χ4v) is 5.61. The molecule has 2 atom stereocenters. The van der Waals surface area contributed by atoms with E-state index in [1.54, 1.807) is 17.1 Å². The monoisotopic (exact) mass is 471 g/mol. The van der Waals surface area contributed by atoms with Gasteiger partial charge in [-0.1, -0.05) is 13.8 Å². The Hall–Kier alpha value is -3.26. The third-order valence-corrected chi connectivity index (χ3v) is 7.69. The Morgan fingerprint density at radius 2 is 2.09 bits per heavy atom. The van der Waals surface area contributed by atoms with E-state index in [-0.39, 0.29) is 11.5 Å². The van der Waals surface area contributed by atoms with Gasteiger partial charge in [0.05, 0.1) is 0 Å². The highest BCUT2D eigenvalue weighted by Crippen LogP contribution is 2.43. The maximum atomic E-state index is 13.7. The second kappa shape index (κ2) is 8.75. The van der Waals surface area contributed by atoms with Gasteiger partial charge in [-0.3, -0.25) is 14.3 Å². The average molecular weight is 472 g/mol. The van der Waals surface area contributed by atoms with Crippen LogP contribution in [0.5, 0.6) is 0 Å². The van der Waals surface area contributed by atoms with Gasteiger partial charge in [-0.05, 0) is 73.4 Å². The number of fused-ring (bicyclic) bond motifs is 1.